The summed E-state index contributed by atoms with van der Waals surface area (Å²) >= 11 is 0. The Labute approximate surface area is 128 Å². The summed E-state index contributed by atoms with van der Waals surface area (Å²) in [4.78, 5) is 23.9. The van der Waals surface area contributed by atoms with Gasteiger partial charge in [-0.25, -0.2) is 0 Å². The summed E-state index contributed by atoms with van der Waals surface area (Å²) in [6.07, 6.45) is 0. The van der Waals surface area contributed by atoms with Crippen LogP contribution in [0.5, 0.6) is 5.75 Å². The van der Waals surface area contributed by atoms with E-state index < -0.39 is 5.91 Å². The van der Waals surface area contributed by atoms with Crippen LogP contribution in [0.1, 0.15) is 33.2 Å². The highest BCUT2D eigenvalue weighted by Gasteiger charge is 2.14. The quantitative estimate of drug-likeness (QED) is 0.879. The Morgan fingerprint density at radius 2 is 1.82 bits per heavy atom. The maximum Gasteiger partial charge on any atom is 0.256 e. The van der Waals surface area contributed by atoms with Crippen LogP contribution >= 0.6 is 0 Å². The molecule has 5 nitrogen and oxygen atoms in total. The molecule has 0 saturated carbocycles. The summed E-state index contributed by atoms with van der Waals surface area (Å²) in [5.41, 5.74) is 1.43. The van der Waals surface area contributed by atoms with Gasteiger partial charge in [0.05, 0.1) is 18.2 Å². The van der Waals surface area contributed by atoms with Crippen molar-refractivity contribution in [3.63, 3.8) is 0 Å². The minimum absolute atomic E-state index is 0.182. The van der Waals surface area contributed by atoms with Crippen molar-refractivity contribution in [2.45, 2.75) is 6.92 Å². The Morgan fingerprint density at radius 1 is 1.14 bits per heavy atom. The Bertz CT molecular complexity index is 776. The molecule has 0 aliphatic rings. The third kappa shape index (κ3) is 3.13. The van der Waals surface area contributed by atoms with Crippen molar-refractivity contribution in [1.29, 1.82) is 5.26 Å². The van der Waals surface area contributed by atoms with E-state index in [9.17, 15) is 9.59 Å². The molecule has 0 bridgehead atoms. The fourth-order valence-electron chi connectivity index (χ4n) is 2.06. The predicted molar refractivity (Wildman–Crippen MR) is 82.1 cm³/mol. The average molecular weight is 294 g/mol. The molecule has 22 heavy (non-hydrogen) atoms. The van der Waals surface area contributed by atoms with Crippen LogP contribution in [0.15, 0.2) is 42.5 Å². The zero-order valence-electron chi connectivity index (χ0n) is 12.2. The second-order valence-corrected chi connectivity index (χ2v) is 4.58. The molecule has 0 atom stereocenters. The molecular weight excluding hydrogens is 280 g/mol. The zero-order valence-corrected chi connectivity index (χ0v) is 12.2. The van der Waals surface area contributed by atoms with E-state index in [2.05, 4.69) is 5.32 Å². The topological polar surface area (TPSA) is 79.2 Å². The van der Waals surface area contributed by atoms with Gasteiger partial charge in [-0.2, -0.15) is 5.26 Å². The van der Waals surface area contributed by atoms with Gasteiger partial charge in [0, 0.05) is 11.3 Å². The van der Waals surface area contributed by atoms with Gasteiger partial charge in [0.15, 0.2) is 5.78 Å². The Hall–Kier alpha value is -3.13. The van der Waals surface area contributed by atoms with E-state index >= 15 is 0 Å². The third-order valence-corrected chi connectivity index (χ3v) is 3.13. The maximum absolute atomic E-state index is 12.3. The first-order valence-electron chi connectivity index (χ1n) is 6.56. The monoisotopic (exact) mass is 294 g/mol. The molecule has 0 radical (unpaired) electrons. The van der Waals surface area contributed by atoms with Crippen LogP contribution in [0.4, 0.5) is 5.69 Å². The lowest BCUT2D eigenvalue weighted by molar-refractivity contribution is 0.0985. The SMILES string of the molecule is COc1ccc(NC(=O)c2ccccc2C(C)=O)cc1C#N. The number of ketones is 1. The number of hydrogen-bond donors (Lipinski definition) is 1. The number of nitriles is 1. The summed E-state index contributed by atoms with van der Waals surface area (Å²) in [6.45, 7) is 1.41. The number of Topliss-reactive ketones (excluding diaryl/α,β-unsaturated/α-hetero) is 1. The van der Waals surface area contributed by atoms with Crippen molar-refractivity contribution < 1.29 is 14.3 Å². The first-order chi connectivity index (χ1) is 10.6. The molecule has 0 aliphatic heterocycles. The number of anilines is 1. The van der Waals surface area contributed by atoms with Gasteiger partial charge in [0.25, 0.3) is 5.91 Å². The summed E-state index contributed by atoms with van der Waals surface area (Å²) in [6, 6.07) is 13.3. The number of nitrogens with one attached hydrogen (secondary N) is 1. The number of methoxy groups -OCH3 is 1. The smallest absolute Gasteiger partial charge is 0.256 e. The first-order valence-corrected chi connectivity index (χ1v) is 6.56. The average Bonchev–Trinajstić information content (AvgIpc) is 2.54. The molecule has 0 aliphatic carbocycles. The van der Waals surface area contributed by atoms with Crippen molar-refractivity contribution in [3.8, 4) is 11.8 Å². The van der Waals surface area contributed by atoms with Crippen molar-refractivity contribution in [1.82, 2.24) is 0 Å². The van der Waals surface area contributed by atoms with Crippen LogP contribution in [0.25, 0.3) is 0 Å². The number of amides is 1. The fourth-order valence-corrected chi connectivity index (χ4v) is 2.06. The van der Waals surface area contributed by atoms with E-state index in [-0.39, 0.29) is 5.78 Å². The van der Waals surface area contributed by atoms with Gasteiger partial charge in [-0.05, 0) is 31.2 Å². The van der Waals surface area contributed by atoms with E-state index in [0.29, 0.717) is 28.1 Å². The second kappa shape index (κ2) is 6.55. The van der Waals surface area contributed by atoms with Crippen molar-refractivity contribution in [3.05, 3.63) is 59.2 Å². The van der Waals surface area contributed by atoms with E-state index in [4.69, 9.17) is 10.00 Å². The minimum Gasteiger partial charge on any atom is -0.495 e. The van der Waals surface area contributed by atoms with Crippen LogP contribution < -0.4 is 10.1 Å². The molecule has 0 saturated heterocycles. The highest BCUT2D eigenvalue weighted by atomic mass is 16.5. The third-order valence-electron chi connectivity index (χ3n) is 3.13. The molecule has 0 aromatic heterocycles. The number of hydrogen-bond acceptors (Lipinski definition) is 4. The summed E-state index contributed by atoms with van der Waals surface area (Å²) in [7, 11) is 1.47. The number of rotatable bonds is 4. The molecule has 0 fully saturated rings. The largest absolute Gasteiger partial charge is 0.495 e. The second-order valence-electron chi connectivity index (χ2n) is 4.58. The van der Waals surface area contributed by atoms with Crippen LogP contribution in [0.3, 0.4) is 0 Å². The van der Waals surface area contributed by atoms with Gasteiger partial charge >= 0.3 is 0 Å². The van der Waals surface area contributed by atoms with Gasteiger partial charge in [-0.1, -0.05) is 18.2 Å². The van der Waals surface area contributed by atoms with Gasteiger partial charge in [-0.15, -0.1) is 0 Å². The van der Waals surface area contributed by atoms with Crippen molar-refractivity contribution in [2.24, 2.45) is 0 Å². The summed E-state index contributed by atoms with van der Waals surface area (Å²) < 4.78 is 5.05. The van der Waals surface area contributed by atoms with E-state index in [1.807, 2.05) is 6.07 Å². The minimum atomic E-state index is -0.403. The first kappa shape index (κ1) is 15.3. The number of benzene rings is 2. The van der Waals surface area contributed by atoms with Crippen LogP contribution in [0, 0.1) is 11.3 Å². The van der Waals surface area contributed by atoms with Crippen LogP contribution in [-0.4, -0.2) is 18.8 Å². The molecular formula is C17H14N2O3. The number of ether oxygens (including phenoxy) is 1. The molecule has 110 valence electrons. The van der Waals surface area contributed by atoms with Crippen molar-refractivity contribution in [2.75, 3.05) is 12.4 Å². The molecule has 0 spiro atoms. The maximum atomic E-state index is 12.3. The van der Waals surface area contributed by atoms with E-state index in [0.717, 1.165) is 0 Å². The normalized spacial score (nSPS) is 9.68. The van der Waals surface area contributed by atoms with E-state index in [1.165, 1.54) is 20.1 Å². The number of carbonyl (C=O) groups excluding carboxylic acids is 2. The molecule has 2 rings (SSSR count). The van der Waals surface area contributed by atoms with Gasteiger partial charge in [0.1, 0.15) is 11.8 Å². The van der Waals surface area contributed by atoms with Gasteiger partial charge in [-0.3, -0.25) is 9.59 Å². The standard InChI is InChI=1S/C17H14N2O3/c1-11(20)14-5-3-4-6-15(14)17(21)19-13-7-8-16(22-2)12(9-13)10-18/h3-9H,1-2H3,(H,19,21). The zero-order chi connectivity index (χ0) is 16.1. The lowest BCUT2D eigenvalue weighted by atomic mass is 10.0. The Morgan fingerprint density at radius 3 is 2.41 bits per heavy atom. The molecule has 2 aromatic rings. The lowest BCUT2D eigenvalue weighted by Crippen LogP contribution is -2.15. The lowest BCUT2D eigenvalue weighted by Gasteiger charge is -2.10. The molecule has 2 aromatic carbocycles. The Balaban J connectivity index is 2.30. The highest BCUT2D eigenvalue weighted by Crippen LogP contribution is 2.22. The molecule has 0 unspecified atom stereocenters. The number of carbonyl (C=O) groups is 2. The van der Waals surface area contributed by atoms with Crippen LogP contribution in [-0.2, 0) is 0 Å². The highest BCUT2D eigenvalue weighted by molar-refractivity contribution is 6.12. The molecule has 1 N–H and O–H groups in total. The summed E-state index contributed by atoms with van der Waals surface area (Å²) in [5, 5.41) is 11.7. The molecule has 0 heterocycles. The molecule has 1 amide bonds. The van der Waals surface area contributed by atoms with Crippen molar-refractivity contribution >= 4 is 17.4 Å². The Kier molecular flexibility index (Phi) is 4.54. The molecule has 5 heteroatoms. The van der Waals surface area contributed by atoms with Crippen LogP contribution in [0.2, 0.25) is 0 Å². The predicted octanol–water partition coefficient (Wildman–Crippen LogP) is 3.02. The van der Waals surface area contributed by atoms with E-state index in [1.54, 1.807) is 36.4 Å². The van der Waals surface area contributed by atoms with Gasteiger partial charge < -0.3 is 10.1 Å². The summed E-state index contributed by atoms with van der Waals surface area (Å²) in [5.74, 6) is -0.150. The number of nitrogens with zero attached hydrogens (tertiary/aromatic N) is 1. The fraction of sp³-hybridized carbons (Fsp3) is 0.118. The van der Waals surface area contributed by atoms with Gasteiger partial charge in [0.2, 0.25) is 0 Å².